The van der Waals surface area contributed by atoms with Crippen molar-refractivity contribution in [1.29, 1.82) is 0 Å². The molecule has 0 aliphatic carbocycles. The molecule has 0 spiro atoms. The number of fused-ring (bicyclic) bond motifs is 2. The van der Waals surface area contributed by atoms with Gasteiger partial charge in [0, 0.05) is 39.0 Å². The number of nitrogens with zero attached hydrogens (tertiary/aromatic N) is 8. The number of phosphoric acid groups is 2. The standard InChI is InChI=1S/C34H48N12O23P4S/c1-43-13-46(28-20(43)29(51)42-33(36)41-28)30-21(48)14(5-7-60-2)15(65-30)8-63-71(55,56)68-72(57,58)69-73(59,74)64-10-17-25(24(61-3)32(67-17)45-12-39-19-26(35)37-11-38-27(19)45)70(53,54)62-9-16-22(49)23(50)31(66-16)44-6-4-18(47)40-34(44)52/h4,6,11-17,21-25,30-32,48-50H,5,7-10H2,1-3H3,(H9-,35,36,37,38,40,41,42,47,51,52,53,54,55,56,57,58,59,74)/t14-,15-,16-,17-,21-,22-,23-,24-,25-,30-,31-,32-,73?/m1/s1. The number of rotatable bonds is 21. The van der Waals surface area contributed by atoms with Crippen molar-refractivity contribution in [3.8, 4) is 0 Å². The Bertz CT molecular complexity index is 3270. The number of H-pyrrole nitrogens is 2. The predicted octanol–water partition coefficient (Wildman–Crippen LogP) is -4.03. The van der Waals surface area contributed by atoms with Crippen LogP contribution in [-0.4, -0.2) is 163 Å². The fraction of sp³-hybridized carbons (Fsp3) is 0.588. The molecule has 8 rings (SSSR count). The molecule has 8 heterocycles. The van der Waals surface area contributed by atoms with Gasteiger partial charge >= 0.3 is 33.6 Å². The molecule has 74 heavy (non-hydrogen) atoms. The van der Waals surface area contributed by atoms with Gasteiger partial charge in [0.05, 0.1) is 51.1 Å². The summed E-state index contributed by atoms with van der Waals surface area (Å²) in [5.74, 6) is -1.24. The number of nitrogens with one attached hydrogen (secondary N) is 2. The van der Waals surface area contributed by atoms with Crippen LogP contribution in [0.3, 0.4) is 0 Å². The molecule has 3 saturated heterocycles. The molecule has 4 unspecified atom stereocenters. The molecule has 0 amide bonds. The normalized spacial score (nSPS) is 30.6. The average molecular weight is 1150 g/mol. The van der Waals surface area contributed by atoms with E-state index in [0.717, 1.165) is 36.6 Å². The molecule has 3 aliphatic heterocycles. The first-order valence-corrected chi connectivity index (χ1v) is 28.6. The van der Waals surface area contributed by atoms with Gasteiger partial charge in [-0.2, -0.15) is 13.9 Å². The highest BCUT2D eigenvalue weighted by Crippen LogP contribution is 2.68. The number of aliphatic hydroxyl groups is 3. The molecule has 35 nitrogen and oxygen atoms in total. The van der Waals surface area contributed by atoms with Gasteiger partial charge in [0.1, 0.15) is 50.0 Å². The first-order valence-electron chi connectivity index (χ1n) is 21.4. The Morgan fingerprint density at radius 2 is 1.50 bits per heavy atom. The van der Waals surface area contributed by atoms with Gasteiger partial charge in [-0.15, -0.1) is 0 Å². The van der Waals surface area contributed by atoms with Crippen molar-refractivity contribution in [3.05, 3.63) is 62.4 Å². The van der Waals surface area contributed by atoms with Crippen molar-refractivity contribution in [3.63, 3.8) is 0 Å². The van der Waals surface area contributed by atoms with Crippen molar-refractivity contribution in [2.75, 3.05) is 52.1 Å². The Labute approximate surface area is 418 Å². The van der Waals surface area contributed by atoms with E-state index in [9.17, 15) is 63.0 Å². The Hall–Kier alpha value is -4.16. The maximum Gasteiger partial charge on any atom is 0.488 e. The maximum atomic E-state index is 14.2. The summed E-state index contributed by atoms with van der Waals surface area (Å²) >= 11 is 4.92. The van der Waals surface area contributed by atoms with Gasteiger partial charge in [-0.25, -0.2) is 37.8 Å². The molecule has 0 bridgehead atoms. The number of methoxy groups -OCH3 is 2. The van der Waals surface area contributed by atoms with Crippen molar-refractivity contribution < 1.29 is 99.0 Å². The lowest BCUT2D eigenvalue weighted by molar-refractivity contribution is -0.646. The molecule has 5 aromatic rings. The van der Waals surface area contributed by atoms with Crippen LogP contribution in [0.2, 0.25) is 0 Å². The van der Waals surface area contributed by atoms with Crippen LogP contribution in [0.25, 0.3) is 22.3 Å². The zero-order valence-electron chi connectivity index (χ0n) is 38.4. The summed E-state index contributed by atoms with van der Waals surface area (Å²) < 4.78 is 98.3. The number of imidazole rings is 2. The molecule has 12 N–H and O–H groups in total. The molecule has 3 fully saturated rings. The molecular formula is C34H48N12O23P4S. The van der Waals surface area contributed by atoms with E-state index in [1.54, 1.807) is 0 Å². The van der Waals surface area contributed by atoms with E-state index < -0.39 is 140 Å². The molecule has 0 saturated carbocycles. The third-order valence-electron chi connectivity index (χ3n) is 12.0. The first kappa shape index (κ1) is 56.1. The fourth-order valence-electron chi connectivity index (χ4n) is 8.67. The van der Waals surface area contributed by atoms with Crippen LogP contribution < -0.4 is 37.7 Å². The summed E-state index contributed by atoms with van der Waals surface area (Å²) in [5.41, 5.74) is 7.44. The van der Waals surface area contributed by atoms with E-state index in [-0.39, 0.29) is 47.1 Å². The number of hydrogen-bond donors (Lipinski definition) is 10. The minimum Gasteiger partial charge on any atom is -0.778 e. The second-order valence-corrected chi connectivity index (χ2v) is 24.6. The van der Waals surface area contributed by atoms with Gasteiger partial charge in [0.2, 0.25) is 18.5 Å². The average Bonchev–Trinajstić information content (AvgIpc) is 4.12. The monoisotopic (exact) mass is 1150 g/mol. The minimum absolute atomic E-state index is 0.00850. The number of aromatic nitrogens is 10. The lowest BCUT2D eigenvalue weighted by atomic mass is 9.95. The fourth-order valence-corrected chi connectivity index (χ4v) is 14.9. The van der Waals surface area contributed by atoms with Crippen LogP contribution in [0.5, 0.6) is 0 Å². The lowest BCUT2D eigenvalue weighted by Crippen LogP contribution is -2.40. The Morgan fingerprint density at radius 1 is 0.824 bits per heavy atom. The molecule has 40 heteroatoms. The number of nitrogens with two attached hydrogens (primary N) is 2. The second-order valence-electron chi connectivity index (χ2n) is 16.7. The number of hydrogen-bond acceptors (Lipinski definition) is 27. The number of aryl methyl sites for hydroxylation is 1. The number of phosphoric ester groups is 1. The van der Waals surface area contributed by atoms with Crippen molar-refractivity contribution in [2.45, 2.75) is 73.5 Å². The third-order valence-corrected chi connectivity index (χ3v) is 19.0. The first-order chi connectivity index (χ1) is 34.7. The summed E-state index contributed by atoms with van der Waals surface area (Å²) in [7, 11) is -13.2. The van der Waals surface area contributed by atoms with Gasteiger partial charge in [-0.3, -0.25) is 33.2 Å². The second kappa shape index (κ2) is 21.7. The Balaban J connectivity index is 0.959. The summed E-state index contributed by atoms with van der Waals surface area (Å²) in [4.78, 5) is 104. The van der Waals surface area contributed by atoms with Crippen LogP contribution in [0.4, 0.5) is 11.8 Å². The summed E-state index contributed by atoms with van der Waals surface area (Å²) in [5, 5.41) is 32.9. The van der Waals surface area contributed by atoms with Crippen LogP contribution in [0.1, 0.15) is 25.1 Å². The van der Waals surface area contributed by atoms with E-state index in [0.29, 0.717) is 0 Å². The van der Waals surface area contributed by atoms with E-state index in [1.807, 2.05) is 4.98 Å². The Morgan fingerprint density at radius 3 is 2.20 bits per heavy atom. The van der Waals surface area contributed by atoms with Crippen LogP contribution in [0, 0.1) is 5.92 Å². The SMILES string of the molecule is COCC[C@H]1[C@@H](O)[C@H](n2c[n+](C)c3c(=O)[nH]c(N)nc32)O[C@@H]1COP(=O)(O)OP(=O)(O)OP(O)(=S)OC[C@H]1O[C@@H](n2cnc3c(N)ncnc32)[C@H](OC)[C@@H]1P(=O)([O-])OC[C@H]1O[C@@H](n2ccc(=O)[nH]c2=O)[C@H](O)[C@@H]1O. The molecule has 5 aromatic heterocycles. The van der Waals surface area contributed by atoms with Gasteiger partial charge in [0.25, 0.3) is 16.7 Å². The topological polar surface area (TPSA) is 493 Å². The van der Waals surface area contributed by atoms with Crippen molar-refractivity contribution >= 4 is 75.9 Å². The largest absolute Gasteiger partial charge is 0.778 e. The minimum atomic E-state index is -5.99. The highest BCUT2D eigenvalue weighted by Gasteiger charge is 2.54. The zero-order chi connectivity index (χ0) is 53.8. The van der Waals surface area contributed by atoms with E-state index >= 15 is 0 Å². The van der Waals surface area contributed by atoms with Crippen molar-refractivity contribution in [2.24, 2.45) is 13.0 Å². The van der Waals surface area contributed by atoms with Gasteiger partial charge < -0.3 is 83.7 Å². The maximum absolute atomic E-state index is 14.2. The highest BCUT2D eigenvalue weighted by molar-refractivity contribution is 8.08. The van der Waals surface area contributed by atoms with Crippen molar-refractivity contribution in [1.82, 2.24) is 43.6 Å². The number of anilines is 2. The smallest absolute Gasteiger partial charge is 0.488 e. The predicted molar refractivity (Wildman–Crippen MR) is 245 cm³/mol. The summed E-state index contributed by atoms with van der Waals surface area (Å²) in [6.07, 6.45) is -11.2. The third kappa shape index (κ3) is 11.6. The van der Waals surface area contributed by atoms with E-state index in [2.05, 4.69) is 33.5 Å². The summed E-state index contributed by atoms with van der Waals surface area (Å²) in [6, 6.07) is 0.933. The quantitative estimate of drug-likeness (QED) is 0.0247. The molecule has 408 valence electrons. The van der Waals surface area contributed by atoms with Gasteiger partial charge in [-0.05, 0) is 18.2 Å². The number of aromatic amines is 2. The van der Waals surface area contributed by atoms with E-state index in [4.69, 9.17) is 60.5 Å². The number of ether oxygens (including phenoxy) is 5. The number of aliphatic hydroxyl groups excluding tert-OH is 3. The lowest BCUT2D eigenvalue weighted by Gasteiger charge is -2.35. The molecule has 0 radical (unpaired) electrons. The molecular weight excluding hydrogens is 1100 g/mol. The van der Waals surface area contributed by atoms with Crippen LogP contribution in [-0.2, 0) is 78.4 Å². The van der Waals surface area contributed by atoms with Gasteiger partial charge in [0.15, 0.2) is 23.9 Å². The highest BCUT2D eigenvalue weighted by atomic mass is 32.5. The molecule has 0 aromatic carbocycles. The molecule has 16 atom stereocenters. The molecule has 3 aliphatic rings. The number of nitrogen functional groups attached to an aromatic ring is 2. The van der Waals surface area contributed by atoms with Gasteiger partial charge in [-0.1, -0.05) is 0 Å². The zero-order valence-corrected chi connectivity index (χ0v) is 42.8. The van der Waals surface area contributed by atoms with Crippen LogP contribution >= 0.6 is 30.0 Å². The van der Waals surface area contributed by atoms with E-state index in [1.165, 1.54) is 34.2 Å². The Kier molecular flexibility index (Phi) is 16.4. The van der Waals surface area contributed by atoms with Crippen LogP contribution in [0.15, 0.2) is 45.6 Å². The summed E-state index contributed by atoms with van der Waals surface area (Å²) in [6.45, 7) is -8.15.